The first-order valence-electron chi connectivity index (χ1n) is 4.87. The minimum atomic E-state index is 0.0650. The zero-order valence-corrected chi connectivity index (χ0v) is 8.91. The third kappa shape index (κ3) is 2.10. The Bertz CT molecular complexity index is 276. The van der Waals surface area contributed by atoms with Crippen molar-refractivity contribution in [1.82, 2.24) is 9.78 Å². The second-order valence-electron chi connectivity index (χ2n) is 3.70. The van der Waals surface area contributed by atoms with E-state index in [1.54, 1.807) is 0 Å². The molecule has 0 aliphatic heterocycles. The second-order valence-corrected chi connectivity index (χ2v) is 3.70. The summed E-state index contributed by atoms with van der Waals surface area (Å²) in [5.74, 6) is 0. The summed E-state index contributed by atoms with van der Waals surface area (Å²) in [6.45, 7) is 8.32. The average Bonchev–Trinajstić information content (AvgIpc) is 2.46. The van der Waals surface area contributed by atoms with Crippen LogP contribution in [0.4, 0.5) is 0 Å². The Labute approximate surface area is 79.9 Å². The van der Waals surface area contributed by atoms with Crippen molar-refractivity contribution < 1.29 is 0 Å². The van der Waals surface area contributed by atoms with Crippen molar-refractivity contribution in [3.05, 3.63) is 17.5 Å². The highest BCUT2D eigenvalue weighted by Crippen LogP contribution is 2.18. The third-order valence-electron chi connectivity index (χ3n) is 2.36. The van der Waals surface area contributed by atoms with Gasteiger partial charge in [0.25, 0.3) is 0 Å². The first-order valence-corrected chi connectivity index (χ1v) is 4.87. The first kappa shape index (κ1) is 10.3. The van der Waals surface area contributed by atoms with Crippen LogP contribution in [0.1, 0.15) is 50.7 Å². The number of hydrogen-bond acceptors (Lipinski definition) is 2. The molecule has 1 heterocycles. The molecule has 0 fully saturated rings. The van der Waals surface area contributed by atoms with E-state index < -0.39 is 0 Å². The van der Waals surface area contributed by atoms with Gasteiger partial charge >= 0.3 is 0 Å². The van der Waals surface area contributed by atoms with Gasteiger partial charge in [-0.2, -0.15) is 5.10 Å². The fourth-order valence-corrected chi connectivity index (χ4v) is 1.40. The minimum Gasteiger partial charge on any atom is -0.323 e. The number of hydrogen-bond donors (Lipinski definition) is 1. The molecule has 0 radical (unpaired) electrons. The van der Waals surface area contributed by atoms with Crippen LogP contribution in [0, 0.1) is 6.92 Å². The predicted octanol–water partition coefficient (Wildman–Crippen LogP) is 2.18. The summed E-state index contributed by atoms with van der Waals surface area (Å²) in [7, 11) is 0. The number of aromatic nitrogens is 2. The van der Waals surface area contributed by atoms with Crippen LogP contribution in [0.5, 0.6) is 0 Å². The van der Waals surface area contributed by atoms with Gasteiger partial charge in [-0.05, 0) is 33.3 Å². The molecule has 2 N–H and O–H groups in total. The van der Waals surface area contributed by atoms with Gasteiger partial charge in [-0.15, -0.1) is 0 Å². The van der Waals surface area contributed by atoms with Gasteiger partial charge in [0.1, 0.15) is 0 Å². The summed E-state index contributed by atoms with van der Waals surface area (Å²) in [5.41, 5.74) is 8.04. The quantitative estimate of drug-likeness (QED) is 0.776. The molecule has 0 saturated carbocycles. The van der Waals surface area contributed by atoms with E-state index in [4.69, 9.17) is 5.73 Å². The van der Waals surface area contributed by atoms with Gasteiger partial charge in [0.15, 0.2) is 0 Å². The van der Waals surface area contributed by atoms with Gasteiger partial charge in [0.2, 0.25) is 0 Å². The second kappa shape index (κ2) is 3.92. The third-order valence-corrected chi connectivity index (χ3v) is 2.36. The Hall–Kier alpha value is -0.830. The molecule has 2 atom stereocenters. The van der Waals surface area contributed by atoms with E-state index in [2.05, 4.69) is 25.0 Å². The van der Waals surface area contributed by atoms with Crippen molar-refractivity contribution in [2.45, 2.75) is 46.2 Å². The highest BCUT2D eigenvalue weighted by Gasteiger charge is 2.12. The molecule has 3 nitrogen and oxygen atoms in total. The van der Waals surface area contributed by atoms with Crippen molar-refractivity contribution in [3.63, 3.8) is 0 Å². The van der Waals surface area contributed by atoms with E-state index in [-0.39, 0.29) is 6.04 Å². The molecule has 74 valence electrons. The van der Waals surface area contributed by atoms with Gasteiger partial charge < -0.3 is 5.73 Å². The number of aryl methyl sites for hydroxylation is 1. The van der Waals surface area contributed by atoms with E-state index >= 15 is 0 Å². The molecule has 2 unspecified atom stereocenters. The Morgan fingerprint density at radius 3 is 2.62 bits per heavy atom. The fourth-order valence-electron chi connectivity index (χ4n) is 1.40. The van der Waals surface area contributed by atoms with E-state index in [0.717, 1.165) is 17.8 Å². The minimum absolute atomic E-state index is 0.0650. The zero-order valence-electron chi connectivity index (χ0n) is 8.91. The summed E-state index contributed by atoms with van der Waals surface area (Å²) >= 11 is 0. The van der Waals surface area contributed by atoms with Crippen LogP contribution < -0.4 is 5.73 Å². The Kier molecular flexibility index (Phi) is 3.09. The first-order chi connectivity index (χ1) is 6.06. The fraction of sp³-hybridized carbons (Fsp3) is 0.700. The molecule has 0 bridgehead atoms. The normalized spacial score (nSPS) is 15.8. The lowest BCUT2D eigenvalue weighted by atomic mass is 10.2. The number of nitrogens with zero attached hydrogens (tertiary/aromatic N) is 2. The van der Waals surface area contributed by atoms with Crippen LogP contribution in [0.25, 0.3) is 0 Å². The van der Waals surface area contributed by atoms with E-state index in [0.29, 0.717) is 6.04 Å². The maximum absolute atomic E-state index is 5.86. The lowest BCUT2D eigenvalue weighted by molar-refractivity contribution is 0.448. The molecule has 1 rings (SSSR count). The van der Waals surface area contributed by atoms with E-state index in [9.17, 15) is 0 Å². The summed E-state index contributed by atoms with van der Waals surface area (Å²) < 4.78 is 2.04. The van der Waals surface area contributed by atoms with E-state index in [1.807, 2.05) is 18.5 Å². The largest absolute Gasteiger partial charge is 0.323 e. The maximum Gasteiger partial charge on any atom is 0.0597 e. The van der Waals surface area contributed by atoms with Gasteiger partial charge in [0.05, 0.1) is 11.4 Å². The van der Waals surface area contributed by atoms with Crippen molar-refractivity contribution >= 4 is 0 Å². The molecule has 0 aliphatic rings. The maximum atomic E-state index is 5.86. The molecule has 1 aromatic rings. The highest BCUT2D eigenvalue weighted by atomic mass is 15.3. The van der Waals surface area contributed by atoms with E-state index in [1.165, 1.54) is 0 Å². The molecule has 0 amide bonds. The molecule has 0 aromatic carbocycles. The smallest absolute Gasteiger partial charge is 0.0597 e. The molecular formula is C10H19N3. The molecule has 0 saturated heterocycles. The summed E-state index contributed by atoms with van der Waals surface area (Å²) in [6.07, 6.45) is 1.08. The standard InChI is InChI=1S/C10H19N3/c1-5-8(3)13-10(9(4)11)6-7(2)12-13/h6,8-9H,5,11H2,1-4H3. The SMILES string of the molecule is CCC(C)n1nc(C)cc1C(C)N. The molecule has 3 heteroatoms. The summed E-state index contributed by atoms with van der Waals surface area (Å²) in [6, 6.07) is 2.57. The van der Waals surface area contributed by atoms with Crippen molar-refractivity contribution in [2.75, 3.05) is 0 Å². The van der Waals surface area contributed by atoms with Crippen LogP contribution >= 0.6 is 0 Å². The Morgan fingerprint density at radius 2 is 2.15 bits per heavy atom. The van der Waals surface area contributed by atoms with Crippen molar-refractivity contribution in [3.8, 4) is 0 Å². The van der Waals surface area contributed by atoms with Crippen LogP contribution in [-0.4, -0.2) is 9.78 Å². The summed E-state index contributed by atoms with van der Waals surface area (Å²) in [5, 5.41) is 4.44. The number of nitrogens with two attached hydrogens (primary N) is 1. The zero-order chi connectivity index (χ0) is 10.0. The summed E-state index contributed by atoms with van der Waals surface area (Å²) in [4.78, 5) is 0. The highest BCUT2D eigenvalue weighted by molar-refractivity contribution is 5.12. The van der Waals surface area contributed by atoms with Gasteiger partial charge in [0, 0.05) is 12.1 Å². The topological polar surface area (TPSA) is 43.8 Å². The Balaban J connectivity index is 3.04. The van der Waals surface area contributed by atoms with Gasteiger partial charge in [-0.1, -0.05) is 6.92 Å². The van der Waals surface area contributed by atoms with Crippen LogP contribution in [0.15, 0.2) is 6.07 Å². The predicted molar refractivity (Wildman–Crippen MR) is 54.6 cm³/mol. The molecule has 13 heavy (non-hydrogen) atoms. The van der Waals surface area contributed by atoms with Crippen LogP contribution in [0.3, 0.4) is 0 Å². The van der Waals surface area contributed by atoms with Crippen LogP contribution in [0.2, 0.25) is 0 Å². The molecule has 0 spiro atoms. The van der Waals surface area contributed by atoms with Crippen molar-refractivity contribution in [2.24, 2.45) is 5.73 Å². The van der Waals surface area contributed by atoms with Crippen LogP contribution in [-0.2, 0) is 0 Å². The number of rotatable bonds is 3. The molecule has 0 aliphatic carbocycles. The monoisotopic (exact) mass is 181 g/mol. The van der Waals surface area contributed by atoms with Crippen molar-refractivity contribution in [1.29, 1.82) is 0 Å². The molecule has 1 aromatic heterocycles. The lowest BCUT2D eigenvalue weighted by Gasteiger charge is -2.15. The average molecular weight is 181 g/mol. The van der Waals surface area contributed by atoms with Gasteiger partial charge in [-0.25, -0.2) is 0 Å². The van der Waals surface area contributed by atoms with Gasteiger partial charge in [-0.3, -0.25) is 4.68 Å². The Morgan fingerprint density at radius 1 is 1.54 bits per heavy atom. The molecular weight excluding hydrogens is 162 g/mol. The lowest BCUT2D eigenvalue weighted by Crippen LogP contribution is -2.16.